The van der Waals surface area contributed by atoms with Crippen LogP contribution in [0.2, 0.25) is 0 Å². The SMILES string of the molecule is [2H]c1c([2H])c2c(c([2H])c1-c1ccc3c(c1)-c1cccc(-c4c([2H])c([2H])c5c(c4[2H])C(C([2H])([2H])[2H])(C([2H])([2H])[2H])C([2H])([2H])C([2H])([2H])C5(C([2H])([2H])[2H])C([2H])([2H])[2H])c1-[n+]1[c-]n(-c4cccc(Oc5ccc6c7ccccc7n(-c7cc(C(C)(C)C)ccn7)c6c5)c4)c4cccc(c41)-c1ccccc1-3)C(C([2H])([2H])[2H])(C([2H])([2H])[2H])C([2H])([2H])C([2H])([2H])C2(C([2H])([2H])[2H])C([2H])([2H])[2H]. The molecule has 85 heavy (non-hydrogen) atoms. The van der Waals surface area contributed by atoms with Crippen molar-refractivity contribution in [1.29, 1.82) is 0 Å². The van der Waals surface area contributed by atoms with E-state index in [1.165, 1.54) is 33.4 Å². The van der Waals surface area contributed by atoms with Gasteiger partial charge in [-0.15, -0.1) is 0 Å². The van der Waals surface area contributed by atoms with Crippen LogP contribution in [0.3, 0.4) is 0 Å². The van der Waals surface area contributed by atoms with Gasteiger partial charge in [0.05, 0.1) is 41.7 Å². The van der Waals surface area contributed by atoms with Crippen molar-refractivity contribution in [2.75, 3.05) is 0 Å². The molecular weight excluding hydrogens is 1030 g/mol. The lowest BCUT2D eigenvalue weighted by molar-refractivity contribution is -0.570. The fraction of sp³-hybridized carbons (Fsp3) is 0.250. The van der Waals surface area contributed by atoms with E-state index in [2.05, 4.69) is 27.1 Å². The molecule has 0 fully saturated rings. The van der Waals surface area contributed by atoms with Gasteiger partial charge < -0.3 is 4.74 Å². The number of pyridine rings is 1. The van der Waals surface area contributed by atoms with Crippen LogP contribution in [-0.2, 0) is 27.1 Å². The van der Waals surface area contributed by atoms with Gasteiger partial charge >= 0.3 is 0 Å². The second kappa shape index (κ2) is 18.9. The average molecular weight is 1150 g/mol. The van der Waals surface area contributed by atoms with Crippen molar-refractivity contribution in [3.05, 3.63) is 234 Å². The van der Waals surface area contributed by atoms with Crippen LogP contribution < -0.4 is 9.30 Å². The molecule has 0 saturated carbocycles. The van der Waals surface area contributed by atoms with Crippen LogP contribution in [0.4, 0.5) is 0 Å². The van der Waals surface area contributed by atoms with E-state index in [1.807, 2.05) is 53.1 Å². The number of hydrogen-bond acceptors (Lipinski definition) is 2. The molecule has 0 spiro atoms. The van der Waals surface area contributed by atoms with E-state index >= 15 is 0 Å². The summed E-state index contributed by atoms with van der Waals surface area (Å²) < 4.78 is 367. The minimum Gasteiger partial charge on any atom is -0.458 e. The highest BCUT2D eigenvalue weighted by Crippen LogP contribution is 2.52. The Bertz CT molecular complexity index is 6400. The van der Waals surface area contributed by atoms with Crippen LogP contribution >= 0.6 is 0 Å². The first-order valence-electron chi connectivity index (χ1n) is 46.3. The number of ether oxygens (including phenoxy) is 1. The van der Waals surface area contributed by atoms with Crippen molar-refractivity contribution in [1.82, 2.24) is 14.1 Å². The summed E-state index contributed by atoms with van der Waals surface area (Å²) in [5, 5.41) is 1.78. The molecule has 0 radical (unpaired) electrons. The first-order valence-corrected chi connectivity index (χ1v) is 27.3. The lowest BCUT2D eigenvalue weighted by Crippen LogP contribution is -2.34. The van der Waals surface area contributed by atoms with Gasteiger partial charge in [0.1, 0.15) is 17.3 Å². The highest BCUT2D eigenvalue weighted by atomic mass is 16.5. The summed E-state index contributed by atoms with van der Waals surface area (Å²) in [5.74, 6) is 1.20. The maximum Gasteiger partial charge on any atom is 0.269 e. The zero-order chi connectivity index (χ0) is 90.9. The van der Waals surface area contributed by atoms with Crippen molar-refractivity contribution in [3.63, 3.8) is 0 Å². The lowest BCUT2D eigenvalue weighted by Gasteiger charge is -2.42. The van der Waals surface area contributed by atoms with E-state index in [4.69, 9.17) is 34.4 Å². The van der Waals surface area contributed by atoms with Crippen LogP contribution in [0.25, 0.3) is 106 Å². The number of benzene rings is 9. The number of hydrogen-bond donors (Lipinski definition) is 0. The van der Waals surface area contributed by atoms with Gasteiger partial charge in [-0.05, 0) is 191 Å². The summed E-state index contributed by atoms with van der Waals surface area (Å²) in [6.45, 7) is -29.4. The van der Waals surface area contributed by atoms with E-state index in [0.717, 1.165) is 39.5 Å². The Hall–Kier alpha value is -8.80. The quantitative estimate of drug-likeness (QED) is 0.123. The molecule has 3 aromatic heterocycles. The van der Waals surface area contributed by atoms with Crippen molar-refractivity contribution in [2.45, 2.75) is 128 Å². The third-order valence-electron chi connectivity index (χ3n) is 16.1. The van der Waals surface area contributed by atoms with Crippen LogP contribution in [0.5, 0.6) is 11.5 Å². The van der Waals surface area contributed by atoms with Crippen molar-refractivity contribution in [3.8, 4) is 84.3 Å². The molecule has 2 aliphatic carbocycles. The number of para-hydroxylation sites is 3. The molecule has 15 rings (SSSR count). The van der Waals surface area contributed by atoms with Gasteiger partial charge in [-0.25, -0.2) is 4.98 Å². The molecule has 0 unspecified atom stereocenters. The van der Waals surface area contributed by atoms with Crippen LogP contribution in [0.15, 0.2) is 200 Å². The molecular formula is C80H74N4O. The number of nitrogens with zero attached hydrogens (tertiary/aromatic N) is 4. The Morgan fingerprint density at radius 1 is 0.506 bits per heavy atom. The zero-order valence-electron chi connectivity index (χ0n) is 83.8. The van der Waals surface area contributed by atoms with Crippen LogP contribution in [0, 0.1) is 6.33 Å². The summed E-state index contributed by atoms with van der Waals surface area (Å²) in [6.07, 6.45) is -13.8. The number of aromatic nitrogens is 4. The van der Waals surface area contributed by atoms with Gasteiger partial charge in [-0.3, -0.25) is 13.7 Å². The van der Waals surface area contributed by atoms with Gasteiger partial charge in [-0.1, -0.05) is 209 Å². The fourth-order valence-corrected chi connectivity index (χ4v) is 12.0. The molecule has 0 saturated heterocycles. The number of imidazole rings is 1. The van der Waals surface area contributed by atoms with Gasteiger partial charge in [0.25, 0.3) is 6.33 Å². The molecule has 0 bridgehead atoms. The Morgan fingerprint density at radius 3 is 1.84 bits per heavy atom. The maximum atomic E-state index is 10.6. The van der Waals surface area contributed by atoms with E-state index in [-0.39, 0.29) is 55.8 Å². The van der Waals surface area contributed by atoms with Gasteiger partial charge in [0.15, 0.2) is 0 Å². The molecule has 5 nitrogen and oxygen atoms in total. The molecule has 4 heterocycles. The molecule has 9 aromatic carbocycles. The highest BCUT2D eigenvalue weighted by molar-refractivity contribution is 6.09. The average Bonchev–Trinajstić information content (AvgIpc) is 1.13. The Labute approximate surface area is 554 Å². The Kier molecular flexibility index (Phi) is 5.81. The molecule has 5 heteroatoms. The van der Waals surface area contributed by atoms with Gasteiger partial charge in [-0.2, -0.15) is 0 Å². The van der Waals surface area contributed by atoms with E-state index in [0.29, 0.717) is 22.7 Å². The van der Waals surface area contributed by atoms with Crippen molar-refractivity contribution < 1.29 is 61.4 Å². The summed E-state index contributed by atoms with van der Waals surface area (Å²) >= 11 is 0. The van der Waals surface area contributed by atoms with E-state index in [9.17, 15) is 27.4 Å². The normalized spacial score (nSPS) is 26.2. The first-order chi connectivity index (χ1) is 56.3. The predicted octanol–water partition coefficient (Wildman–Crippen LogP) is 20.6. The highest BCUT2D eigenvalue weighted by Gasteiger charge is 2.39. The predicted molar refractivity (Wildman–Crippen MR) is 352 cm³/mol. The third kappa shape index (κ3) is 8.54. The van der Waals surface area contributed by atoms with E-state index in [1.54, 1.807) is 79.0 Å². The second-order valence-electron chi connectivity index (χ2n) is 22.7. The molecule has 0 N–H and O–H groups in total. The van der Waals surface area contributed by atoms with Crippen LogP contribution in [-0.4, -0.2) is 14.1 Å². The lowest BCUT2D eigenvalue weighted by atomic mass is 9.63. The monoisotopic (exact) mass is 1140 g/mol. The summed E-state index contributed by atoms with van der Waals surface area (Å²) in [4.78, 5) is 4.82. The topological polar surface area (TPSA) is 35.9 Å². The standard InChI is InChI=1S/C80H74N4O/c1-76(2,3)53-37-42-81-73(46-53)84-70-27-15-14-23-61(70)62-34-32-56(48-72(62)84)85-55-20-16-19-54(47-55)82-49-83-74-57(52-31-36-67-69(45-52)80(10,11)41-39-78(67,6)7)24-17-25-64(74)65-43-50(51-30-35-66-68(44-51)79(8,9)40-38-77(66,4)5)29-33-60(65)58-21-12-13-22-59(58)63-26-18-28-71(82)75(63)83/h12-37,42-48H,38-41H2,1-11H3/i4D3,5D3,6D3,7D3,8D3,9D3,10D3,11D3,30D,31D,35D,36D,38D2,39D2,40D2,41D2,44D,45D. The molecule has 0 atom stereocenters. The molecule has 3 aliphatic rings. The zero-order valence-corrected chi connectivity index (χ0v) is 45.8. The molecule has 0 amide bonds. The number of fused-ring (bicyclic) bond motifs is 12. The third-order valence-corrected chi connectivity index (χ3v) is 16.1. The maximum absolute atomic E-state index is 10.6. The smallest absolute Gasteiger partial charge is 0.269 e. The molecule has 12 aromatic rings. The Morgan fingerprint density at radius 2 is 1.09 bits per heavy atom. The fourth-order valence-electron chi connectivity index (χ4n) is 12.0. The van der Waals surface area contributed by atoms with E-state index < -0.39 is 183 Å². The van der Waals surface area contributed by atoms with Gasteiger partial charge in [0, 0.05) is 66.9 Å². The van der Waals surface area contributed by atoms with Crippen LogP contribution in [0.1, 0.15) is 181 Å². The minimum absolute atomic E-state index is 0.0967. The second-order valence-corrected chi connectivity index (χ2v) is 22.7. The summed E-state index contributed by atoms with van der Waals surface area (Å²) in [6, 6.07) is 33.6. The van der Waals surface area contributed by atoms with Gasteiger partial charge in [0.2, 0.25) is 0 Å². The summed E-state index contributed by atoms with van der Waals surface area (Å²) in [5.41, 5.74) is -25.3. The summed E-state index contributed by atoms with van der Waals surface area (Å²) in [7, 11) is 0. The largest absolute Gasteiger partial charge is 0.458 e. The van der Waals surface area contributed by atoms with Crippen molar-refractivity contribution in [2.24, 2.45) is 0 Å². The molecule has 1 aliphatic heterocycles. The minimum atomic E-state index is -4.77. The number of rotatable bonds is 6. The molecule has 420 valence electrons. The first kappa shape index (κ1) is 26.2. The Balaban J connectivity index is 1.09. The van der Waals surface area contributed by atoms with Crippen molar-refractivity contribution >= 4 is 32.8 Å².